The van der Waals surface area contributed by atoms with Crippen LogP contribution in [0.1, 0.15) is 22.5 Å². The van der Waals surface area contributed by atoms with E-state index in [0.717, 1.165) is 23.1 Å². The summed E-state index contributed by atoms with van der Waals surface area (Å²) >= 11 is 0. The second-order valence-corrected chi connectivity index (χ2v) is 5.87. The van der Waals surface area contributed by atoms with Crippen molar-refractivity contribution in [1.82, 2.24) is 19.7 Å². The Kier molecular flexibility index (Phi) is 4.78. The van der Waals surface area contributed by atoms with Gasteiger partial charge in [-0.2, -0.15) is 10.1 Å². The van der Waals surface area contributed by atoms with Gasteiger partial charge in [-0.15, -0.1) is 0 Å². The highest BCUT2D eigenvalue weighted by Gasteiger charge is 2.15. The van der Waals surface area contributed by atoms with Gasteiger partial charge in [0.25, 0.3) is 0 Å². The molecule has 0 aliphatic rings. The molecule has 0 aliphatic heterocycles. The normalized spacial score (nSPS) is 10.7. The fourth-order valence-corrected chi connectivity index (χ4v) is 2.68. The Morgan fingerprint density at radius 2 is 2.00 bits per heavy atom. The first-order valence-corrected chi connectivity index (χ1v) is 8.03. The number of hydrogen-bond acceptors (Lipinski definition) is 7. The molecule has 0 saturated carbocycles. The lowest BCUT2D eigenvalue weighted by molar-refractivity contribution is -0.384. The zero-order chi connectivity index (χ0) is 18.7. The van der Waals surface area contributed by atoms with Gasteiger partial charge in [-0.1, -0.05) is 30.3 Å². The number of anilines is 2. The van der Waals surface area contributed by atoms with E-state index in [1.165, 1.54) is 5.56 Å². The van der Waals surface area contributed by atoms with Gasteiger partial charge in [-0.25, -0.2) is 4.98 Å². The van der Waals surface area contributed by atoms with Gasteiger partial charge in [-0.3, -0.25) is 14.8 Å². The third-order valence-electron chi connectivity index (χ3n) is 4.12. The van der Waals surface area contributed by atoms with Crippen molar-refractivity contribution in [3.63, 3.8) is 0 Å². The molecule has 9 nitrogen and oxygen atoms in total. The monoisotopic (exact) mass is 353 g/mol. The van der Waals surface area contributed by atoms with E-state index in [9.17, 15) is 10.1 Å². The number of aromatic nitrogens is 4. The maximum absolute atomic E-state index is 10.8. The van der Waals surface area contributed by atoms with Crippen LogP contribution in [-0.4, -0.2) is 24.7 Å². The smallest absolute Gasteiger partial charge is 0.329 e. The molecule has 0 fully saturated rings. The molecule has 0 radical (unpaired) electrons. The Bertz CT molecular complexity index is 938. The summed E-state index contributed by atoms with van der Waals surface area (Å²) in [6, 6.07) is 10.1. The second-order valence-electron chi connectivity index (χ2n) is 5.87. The van der Waals surface area contributed by atoms with Crippen LogP contribution < -0.4 is 11.1 Å². The van der Waals surface area contributed by atoms with Crippen LogP contribution in [0.25, 0.3) is 0 Å². The number of nitrogens with zero attached hydrogens (tertiary/aromatic N) is 5. The quantitative estimate of drug-likeness (QED) is 0.515. The molecule has 0 bridgehead atoms. The Balaban J connectivity index is 1.74. The Morgan fingerprint density at radius 3 is 2.65 bits per heavy atom. The molecule has 0 atom stereocenters. The molecule has 0 spiro atoms. The van der Waals surface area contributed by atoms with Gasteiger partial charge in [0, 0.05) is 17.8 Å². The SMILES string of the molecule is Cc1nn(Cc2ccccc2)c(C)c1CNc1ncc([N+](=O)[O-])c(N)n1. The topological polar surface area (TPSA) is 125 Å². The Labute approximate surface area is 150 Å². The minimum atomic E-state index is -0.610. The van der Waals surface area contributed by atoms with E-state index in [0.29, 0.717) is 13.1 Å². The number of aryl methyl sites for hydroxylation is 1. The maximum Gasteiger partial charge on any atom is 0.329 e. The zero-order valence-corrected chi connectivity index (χ0v) is 14.5. The number of hydrogen-bond donors (Lipinski definition) is 2. The van der Waals surface area contributed by atoms with Crippen molar-refractivity contribution in [3.05, 3.63) is 69.2 Å². The molecule has 1 aromatic carbocycles. The Hall–Kier alpha value is -3.49. The molecular formula is C17H19N7O2. The van der Waals surface area contributed by atoms with E-state index in [1.54, 1.807) is 0 Å². The van der Waals surface area contributed by atoms with Gasteiger partial charge in [0.2, 0.25) is 11.8 Å². The van der Waals surface area contributed by atoms with Gasteiger partial charge in [0.15, 0.2) is 0 Å². The first kappa shape index (κ1) is 17.3. The van der Waals surface area contributed by atoms with Gasteiger partial charge in [0.1, 0.15) is 6.20 Å². The lowest BCUT2D eigenvalue weighted by Gasteiger charge is -2.07. The fourth-order valence-electron chi connectivity index (χ4n) is 2.68. The molecule has 3 N–H and O–H groups in total. The van der Waals surface area contributed by atoms with Crippen molar-refractivity contribution in [3.8, 4) is 0 Å². The van der Waals surface area contributed by atoms with Crippen LogP contribution >= 0.6 is 0 Å². The molecule has 3 rings (SSSR count). The van der Waals surface area contributed by atoms with E-state index < -0.39 is 4.92 Å². The van der Waals surface area contributed by atoms with E-state index >= 15 is 0 Å². The van der Waals surface area contributed by atoms with Crippen LogP contribution in [0.5, 0.6) is 0 Å². The fraction of sp³-hybridized carbons (Fsp3) is 0.235. The standard InChI is InChI=1S/C17H19N7O2/c1-11-14(8-19-17-20-9-15(24(25)26)16(18)21-17)12(2)23(22-11)10-13-6-4-3-5-7-13/h3-7,9H,8,10H2,1-2H3,(H3,18,19,20,21). The lowest BCUT2D eigenvalue weighted by Crippen LogP contribution is -2.08. The minimum Gasteiger partial charge on any atom is -0.378 e. The lowest BCUT2D eigenvalue weighted by atomic mass is 10.2. The number of nitrogens with one attached hydrogen (secondary N) is 1. The van der Waals surface area contributed by atoms with Crippen LogP contribution in [0.4, 0.5) is 17.5 Å². The predicted molar refractivity (Wildman–Crippen MR) is 97.7 cm³/mol. The van der Waals surface area contributed by atoms with Crippen LogP contribution in [-0.2, 0) is 13.1 Å². The number of nitrogen functional groups attached to an aromatic ring is 1. The molecule has 3 aromatic rings. The molecular weight excluding hydrogens is 334 g/mol. The molecule has 2 heterocycles. The van der Waals surface area contributed by atoms with Gasteiger partial charge in [-0.05, 0) is 19.4 Å². The maximum atomic E-state index is 10.8. The van der Waals surface area contributed by atoms with E-state index in [1.807, 2.05) is 36.7 Å². The summed E-state index contributed by atoms with van der Waals surface area (Å²) in [5.74, 6) is 0.0726. The summed E-state index contributed by atoms with van der Waals surface area (Å²) in [6.07, 6.45) is 1.10. The summed E-state index contributed by atoms with van der Waals surface area (Å²) in [5, 5.41) is 18.4. The second kappa shape index (κ2) is 7.18. The third kappa shape index (κ3) is 3.61. The molecule has 0 amide bonds. The highest BCUT2D eigenvalue weighted by Crippen LogP contribution is 2.20. The van der Waals surface area contributed by atoms with E-state index in [4.69, 9.17) is 5.73 Å². The van der Waals surface area contributed by atoms with Crippen LogP contribution in [0, 0.1) is 24.0 Å². The number of nitrogens with two attached hydrogens (primary N) is 1. The number of nitro groups is 1. The van der Waals surface area contributed by atoms with Crippen molar-refractivity contribution in [2.24, 2.45) is 0 Å². The van der Waals surface area contributed by atoms with Gasteiger partial charge in [0.05, 0.1) is 17.2 Å². The van der Waals surface area contributed by atoms with Gasteiger partial charge < -0.3 is 11.1 Å². The average molecular weight is 353 g/mol. The Morgan fingerprint density at radius 1 is 1.27 bits per heavy atom. The van der Waals surface area contributed by atoms with Crippen LogP contribution in [0.3, 0.4) is 0 Å². The van der Waals surface area contributed by atoms with Crippen molar-refractivity contribution in [1.29, 1.82) is 0 Å². The average Bonchev–Trinajstić information content (AvgIpc) is 2.87. The molecule has 9 heteroatoms. The highest BCUT2D eigenvalue weighted by atomic mass is 16.6. The van der Waals surface area contributed by atoms with Gasteiger partial charge >= 0.3 is 5.69 Å². The van der Waals surface area contributed by atoms with Crippen molar-refractivity contribution < 1.29 is 4.92 Å². The highest BCUT2D eigenvalue weighted by molar-refractivity contribution is 5.53. The number of benzene rings is 1. The molecule has 26 heavy (non-hydrogen) atoms. The molecule has 0 saturated heterocycles. The van der Waals surface area contributed by atoms with Crippen molar-refractivity contribution >= 4 is 17.5 Å². The zero-order valence-electron chi connectivity index (χ0n) is 14.5. The van der Waals surface area contributed by atoms with E-state index in [2.05, 4.69) is 32.5 Å². The molecule has 2 aromatic heterocycles. The minimum absolute atomic E-state index is 0.166. The summed E-state index contributed by atoms with van der Waals surface area (Å²) in [4.78, 5) is 18.0. The summed E-state index contributed by atoms with van der Waals surface area (Å²) in [7, 11) is 0. The summed E-state index contributed by atoms with van der Waals surface area (Å²) in [5.41, 5.74) is 9.42. The molecule has 134 valence electrons. The van der Waals surface area contributed by atoms with E-state index in [-0.39, 0.29) is 17.5 Å². The number of rotatable bonds is 6. The first-order chi connectivity index (χ1) is 12.5. The summed E-state index contributed by atoms with van der Waals surface area (Å²) < 4.78 is 1.95. The molecule has 0 unspecified atom stereocenters. The third-order valence-corrected chi connectivity index (χ3v) is 4.12. The van der Waals surface area contributed by atoms with Crippen molar-refractivity contribution in [2.75, 3.05) is 11.1 Å². The van der Waals surface area contributed by atoms with Crippen molar-refractivity contribution in [2.45, 2.75) is 26.9 Å². The summed E-state index contributed by atoms with van der Waals surface area (Å²) in [6.45, 7) is 5.08. The molecule has 0 aliphatic carbocycles. The van der Waals surface area contributed by atoms with Crippen LogP contribution in [0.2, 0.25) is 0 Å². The predicted octanol–water partition coefficient (Wildman–Crippen LogP) is 2.44. The largest absolute Gasteiger partial charge is 0.378 e. The van der Waals surface area contributed by atoms with Crippen LogP contribution in [0.15, 0.2) is 36.5 Å². The first-order valence-electron chi connectivity index (χ1n) is 8.03.